The quantitative estimate of drug-likeness (QED) is 0.143. The van der Waals surface area contributed by atoms with Gasteiger partial charge in [-0.15, -0.1) is 11.3 Å². The maximum atomic E-state index is 13.8. The number of thiophene rings is 1. The first kappa shape index (κ1) is 29.2. The molecule has 0 aliphatic heterocycles. The molecule has 2 aromatic carbocycles. The Morgan fingerprint density at radius 2 is 1.88 bits per heavy atom. The van der Waals surface area contributed by atoms with Crippen LogP contribution >= 0.6 is 11.3 Å². The third-order valence-electron chi connectivity index (χ3n) is 6.75. The molecule has 0 radical (unpaired) electrons. The molecule has 0 spiro atoms. The lowest BCUT2D eigenvalue weighted by Crippen LogP contribution is -2.18. The van der Waals surface area contributed by atoms with Crippen LogP contribution in [0.2, 0.25) is 0 Å². The molecule has 0 unspecified atom stereocenters. The molecule has 2 heterocycles. The van der Waals surface area contributed by atoms with E-state index >= 15 is 0 Å². The van der Waals surface area contributed by atoms with Crippen molar-refractivity contribution in [3.05, 3.63) is 93.9 Å². The molecular weight excluding hydrogens is 574 g/mol. The molecule has 7 nitrogen and oxygen atoms in total. The Balaban J connectivity index is 1.52. The number of halogens is 4. The van der Waals surface area contributed by atoms with Gasteiger partial charge in [0, 0.05) is 33.6 Å². The number of amides is 2. The molecule has 0 atom stereocenters. The Morgan fingerprint density at radius 3 is 2.55 bits per heavy atom. The first-order chi connectivity index (χ1) is 20.0. The van der Waals surface area contributed by atoms with Gasteiger partial charge in [-0.1, -0.05) is 12.6 Å². The fourth-order valence-corrected chi connectivity index (χ4v) is 5.54. The molecule has 1 fully saturated rings. The summed E-state index contributed by atoms with van der Waals surface area (Å²) in [4.78, 5) is 31.5. The lowest BCUT2D eigenvalue weighted by Gasteiger charge is -2.13. The zero-order chi connectivity index (χ0) is 30.2. The monoisotopic (exact) mass is 599 g/mol. The SMILES string of the molecule is C=C(CO)Cc1ccc(OC)c(C(=O)Nc2c(C(=O)Nc3ccc(F)c(C(F)(F)F)c3)sc3cc(C4CC4)ncc23)c1. The smallest absolute Gasteiger partial charge is 0.419 e. The summed E-state index contributed by atoms with van der Waals surface area (Å²) in [5.74, 6) is -2.29. The third-order valence-corrected chi connectivity index (χ3v) is 7.90. The maximum Gasteiger partial charge on any atom is 0.419 e. The second-order valence-electron chi connectivity index (χ2n) is 9.91. The van der Waals surface area contributed by atoms with E-state index in [0.717, 1.165) is 35.9 Å². The number of rotatable bonds is 9. The van der Waals surface area contributed by atoms with Gasteiger partial charge < -0.3 is 20.5 Å². The minimum absolute atomic E-state index is 0.0229. The molecule has 1 aliphatic carbocycles. The molecule has 3 N–H and O–H groups in total. The van der Waals surface area contributed by atoms with Gasteiger partial charge >= 0.3 is 6.18 Å². The number of alkyl halides is 3. The number of carbonyl (C=O) groups excluding carboxylic acids is 2. The van der Waals surface area contributed by atoms with Gasteiger partial charge in [-0.25, -0.2) is 4.39 Å². The van der Waals surface area contributed by atoms with E-state index in [2.05, 4.69) is 22.2 Å². The highest BCUT2D eigenvalue weighted by Gasteiger charge is 2.34. The van der Waals surface area contributed by atoms with E-state index in [1.165, 1.54) is 7.11 Å². The van der Waals surface area contributed by atoms with Gasteiger partial charge in [0.25, 0.3) is 11.8 Å². The molecule has 42 heavy (non-hydrogen) atoms. The number of hydrogen-bond donors (Lipinski definition) is 3. The van der Waals surface area contributed by atoms with Crippen molar-refractivity contribution in [3.8, 4) is 5.75 Å². The average Bonchev–Trinajstić information content (AvgIpc) is 3.75. The van der Waals surface area contributed by atoms with Gasteiger partial charge in [0.1, 0.15) is 16.4 Å². The minimum atomic E-state index is -4.95. The summed E-state index contributed by atoms with van der Waals surface area (Å²) in [5.41, 5.74) is 0.584. The average molecular weight is 600 g/mol. The molecule has 0 saturated heterocycles. The number of aliphatic hydroxyl groups is 1. The van der Waals surface area contributed by atoms with E-state index in [-0.39, 0.29) is 34.2 Å². The summed E-state index contributed by atoms with van der Waals surface area (Å²) in [6.07, 6.45) is -1.09. The van der Waals surface area contributed by atoms with Crippen molar-refractivity contribution in [2.75, 3.05) is 24.4 Å². The Kier molecular flexibility index (Phi) is 8.02. The van der Waals surface area contributed by atoms with Crippen LogP contribution < -0.4 is 15.4 Å². The Labute approximate surface area is 241 Å². The van der Waals surface area contributed by atoms with Gasteiger partial charge in [-0.2, -0.15) is 13.2 Å². The molecule has 12 heteroatoms. The summed E-state index contributed by atoms with van der Waals surface area (Å²) in [6.45, 7) is 3.56. The van der Waals surface area contributed by atoms with Gasteiger partial charge in [-0.05, 0) is 66.8 Å². The number of aromatic nitrogens is 1. The van der Waals surface area contributed by atoms with Crippen LogP contribution in [0.4, 0.5) is 28.9 Å². The Morgan fingerprint density at radius 1 is 1.12 bits per heavy atom. The predicted octanol–water partition coefficient (Wildman–Crippen LogP) is 6.94. The highest BCUT2D eigenvalue weighted by molar-refractivity contribution is 7.21. The fraction of sp³-hybridized carbons (Fsp3) is 0.233. The number of carbonyl (C=O) groups is 2. The van der Waals surface area contributed by atoms with Crippen LogP contribution in [0.1, 0.15) is 55.6 Å². The zero-order valence-electron chi connectivity index (χ0n) is 22.3. The molecule has 0 bridgehead atoms. The van der Waals surface area contributed by atoms with Gasteiger partial charge in [-0.3, -0.25) is 14.6 Å². The topological polar surface area (TPSA) is 101 Å². The highest BCUT2D eigenvalue weighted by atomic mass is 32.1. The van der Waals surface area contributed by atoms with Crippen molar-refractivity contribution in [1.29, 1.82) is 0 Å². The summed E-state index contributed by atoms with van der Waals surface area (Å²) in [7, 11) is 1.40. The number of nitrogens with zero attached hydrogens (tertiary/aromatic N) is 1. The Hall–Kier alpha value is -4.29. The van der Waals surface area contributed by atoms with Crippen LogP contribution in [0, 0.1) is 5.82 Å². The summed E-state index contributed by atoms with van der Waals surface area (Å²) in [5, 5.41) is 15.0. The van der Waals surface area contributed by atoms with Crippen LogP contribution in [-0.2, 0) is 12.6 Å². The molecule has 218 valence electrons. The molecular formula is C30H25F4N3O4S. The van der Waals surface area contributed by atoms with Crippen LogP contribution in [0.5, 0.6) is 5.75 Å². The van der Waals surface area contributed by atoms with Crippen molar-refractivity contribution in [3.63, 3.8) is 0 Å². The number of anilines is 2. The number of benzene rings is 2. The first-order valence-corrected chi connectivity index (χ1v) is 13.7. The standard InChI is InChI=1S/C30H25F4N3O4S/c1-15(14-38)9-16-3-8-24(41-2)19(10-16)28(39)37-26-20-13-35-23(17-4-5-17)12-25(20)42-27(26)29(40)36-18-6-7-22(31)21(11-18)30(32,33)34/h3,6-8,10-13,17,38H,1,4-5,9,14H2,2H3,(H,36,40)(H,37,39). The van der Waals surface area contributed by atoms with Gasteiger partial charge in [0.05, 0.1) is 30.5 Å². The Bertz CT molecular complexity index is 1710. The lowest BCUT2D eigenvalue weighted by atomic mass is 10.0. The maximum absolute atomic E-state index is 13.8. The largest absolute Gasteiger partial charge is 0.496 e. The van der Waals surface area contributed by atoms with E-state index in [1.54, 1.807) is 24.4 Å². The molecule has 1 saturated carbocycles. The number of fused-ring (bicyclic) bond motifs is 1. The van der Waals surface area contributed by atoms with Crippen LogP contribution in [-0.4, -0.2) is 35.6 Å². The number of methoxy groups -OCH3 is 1. The van der Waals surface area contributed by atoms with Crippen molar-refractivity contribution < 1.29 is 37.0 Å². The van der Waals surface area contributed by atoms with E-state index < -0.39 is 29.4 Å². The van der Waals surface area contributed by atoms with Crippen LogP contribution in [0.15, 0.2) is 60.8 Å². The van der Waals surface area contributed by atoms with Crippen molar-refractivity contribution >= 4 is 44.6 Å². The number of hydrogen-bond acceptors (Lipinski definition) is 6. The van der Waals surface area contributed by atoms with Crippen LogP contribution in [0.3, 0.4) is 0 Å². The van der Waals surface area contributed by atoms with E-state index in [4.69, 9.17) is 4.74 Å². The van der Waals surface area contributed by atoms with Crippen LogP contribution in [0.25, 0.3) is 10.1 Å². The first-order valence-electron chi connectivity index (χ1n) is 12.8. The number of aliphatic hydroxyl groups excluding tert-OH is 1. The van der Waals surface area contributed by atoms with Crippen molar-refractivity contribution in [1.82, 2.24) is 4.98 Å². The number of pyridine rings is 1. The van der Waals surface area contributed by atoms with Crippen molar-refractivity contribution in [2.24, 2.45) is 0 Å². The molecule has 4 aromatic rings. The van der Waals surface area contributed by atoms with E-state index in [1.807, 2.05) is 6.07 Å². The van der Waals surface area contributed by atoms with Gasteiger partial charge in [0.15, 0.2) is 0 Å². The fourth-order valence-electron chi connectivity index (χ4n) is 4.47. The highest BCUT2D eigenvalue weighted by Crippen LogP contribution is 2.43. The summed E-state index contributed by atoms with van der Waals surface area (Å²) in [6, 6.07) is 8.93. The number of ether oxygens (including phenoxy) is 1. The lowest BCUT2D eigenvalue weighted by molar-refractivity contribution is -0.139. The molecule has 5 rings (SSSR count). The normalized spacial score (nSPS) is 13.2. The summed E-state index contributed by atoms with van der Waals surface area (Å²) >= 11 is 1.05. The minimum Gasteiger partial charge on any atom is -0.496 e. The predicted molar refractivity (Wildman–Crippen MR) is 152 cm³/mol. The number of nitrogens with one attached hydrogen (secondary N) is 2. The summed E-state index contributed by atoms with van der Waals surface area (Å²) < 4.78 is 59.6. The second kappa shape index (κ2) is 11.5. The molecule has 2 aromatic heterocycles. The van der Waals surface area contributed by atoms with E-state index in [0.29, 0.717) is 45.7 Å². The molecule has 2 amide bonds. The zero-order valence-corrected chi connectivity index (χ0v) is 23.1. The third kappa shape index (κ3) is 6.14. The van der Waals surface area contributed by atoms with Gasteiger partial charge in [0.2, 0.25) is 0 Å². The molecule has 1 aliphatic rings. The second-order valence-corrected chi connectivity index (χ2v) is 11.0. The van der Waals surface area contributed by atoms with Crippen molar-refractivity contribution in [2.45, 2.75) is 31.4 Å². The van der Waals surface area contributed by atoms with E-state index in [9.17, 15) is 32.3 Å².